The first-order chi connectivity index (χ1) is 12.3. The lowest BCUT2D eigenvalue weighted by molar-refractivity contribution is 0.414. The monoisotopic (exact) mass is 339 g/mol. The Morgan fingerprint density at radius 1 is 1.28 bits per heavy atom. The van der Waals surface area contributed by atoms with E-state index < -0.39 is 0 Å². The molecule has 3 aromatic rings. The van der Waals surface area contributed by atoms with E-state index in [2.05, 4.69) is 25.6 Å². The zero-order chi connectivity index (χ0) is 17.2. The van der Waals surface area contributed by atoms with E-state index in [1.807, 2.05) is 24.3 Å². The number of anilines is 1. The number of aromatic nitrogens is 5. The minimum atomic E-state index is 0.372. The molecule has 8 heteroatoms. The Balaban J connectivity index is 1.61. The average molecular weight is 339 g/mol. The van der Waals surface area contributed by atoms with Crippen molar-refractivity contribution in [1.29, 1.82) is 0 Å². The summed E-state index contributed by atoms with van der Waals surface area (Å²) in [4.78, 5) is 8.99. The molecule has 0 spiro atoms. The zero-order valence-electron chi connectivity index (χ0n) is 14.1. The number of nitrogens with two attached hydrogens (primary N) is 1. The van der Waals surface area contributed by atoms with Crippen LogP contribution in [0.25, 0.3) is 16.9 Å². The van der Waals surface area contributed by atoms with Gasteiger partial charge in [0.15, 0.2) is 11.2 Å². The topological polar surface area (TPSA) is 104 Å². The maximum Gasteiger partial charge on any atom is 0.225 e. The predicted octanol–water partition coefficient (Wildman–Crippen LogP) is 1.76. The molecule has 25 heavy (non-hydrogen) atoms. The second-order valence-corrected chi connectivity index (χ2v) is 6.36. The maximum atomic E-state index is 5.77. The largest absolute Gasteiger partial charge is 0.497 e. The van der Waals surface area contributed by atoms with E-state index in [1.165, 1.54) is 0 Å². The van der Waals surface area contributed by atoms with E-state index >= 15 is 0 Å². The van der Waals surface area contributed by atoms with Crippen molar-refractivity contribution in [3.05, 3.63) is 30.5 Å². The summed E-state index contributed by atoms with van der Waals surface area (Å²) in [6.07, 6.45) is 5.02. The van der Waals surface area contributed by atoms with E-state index in [-0.39, 0.29) is 0 Å². The Hall–Kier alpha value is -2.74. The molecule has 1 fully saturated rings. The number of rotatable bonds is 5. The van der Waals surface area contributed by atoms with Crippen LogP contribution >= 0.6 is 0 Å². The van der Waals surface area contributed by atoms with E-state index in [1.54, 1.807) is 18.0 Å². The van der Waals surface area contributed by atoms with E-state index in [0.717, 1.165) is 37.2 Å². The molecule has 2 heterocycles. The van der Waals surface area contributed by atoms with Crippen molar-refractivity contribution in [2.24, 2.45) is 11.7 Å². The third-order valence-electron chi connectivity index (χ3n) is 4.72. The number of nitrogens with zero attached hydrogens (tertiary/aromatic N) is 5. The molecular weight excluding hydrogens is 318 g/mol. The van der Waals surface area contributed by atoms with Gasteiger partial charge in [-0.05, 0) is 56.0 Å². The van der Waals surface area contributed by atoms with Gasteiger partial charge >= 0.3 is 0 Å². The Labute approximate surface area is 145 Å². The van der Waals surface area contributed by atoms with Gasteiger partial charge in [0.05, 0.1) is 19.0 Å². The SMILES string of the molecule is COc1ccc(-n2nnc3cnc(N[C@@H]4CC[C@H](CN)C4)nc32)cc1. The molecule has 8 nitrogen and oxygen atoms in total. The maximum absolute atomic E-state index is 5.77. The van der Waals surface area contributed by atoms with Crippen LogP contribution in [-0.2, 0) is 0 Å². The normalized spacial score (nSPS) is 20.1. The summed E-state index contributed by atoms with van der Waals surface area (Å²) in [5.74, 6) is 1.99. The minimum absolute atomic E-state index is 0.372. The first-order valence-corrected chi connectivity index (χ1v) is 8.46. The number of fused-ring (bicyclic) bond motifs is 1. The van der Waals surface area contributed by atoms with Gasteiger partial charge in [-0.25, -0.2) is 4.98 Å². The number of benzene rings is 1. The van der Waals surface area contributed by atoms with E-state index in [4.69, 9.17) is 10.5 Å². The lowest BCUT2D eigenvalue weighted by Crippen LogP contribution is -2.19. The molecule has 0 radical (unpaired) electrons. The van der Waals surface area contributed by atoms with Crippen LogP contribution in [0.2, 0.25) is 0 Å². The van der Waals surface area contributed by atoms with Gasteiger partial charge in [0.2, 0.25) is 5.95 Å². The van der Waals surface area contributed by atoms with Crippen molar-refractivity contribution in [2.45, 2.75) is 25.3 Å². The first kappa shape index (κ1) is 15.8. The summed E-state index contributed by atoms with van der Waals surface area (Å²) in [7, 11) is 1.64. The summed E-state index contributed by atoms with van der Waals surface area (Å²) in [6, 6.07) is 7.98. The third kappa shape index (κ3) is 3.12. The van der Waals surface area contributed by atoms with Gasteiger partial charge in [0.1, 0.15) is 5.75 Å². The molecule has 0 amide bonds. The summed E-state index contributed by atoms with van der Waals surface area (Å²) >= 11 is 0. The third-order valence-corrected chi connectivity index (χ3v) is 4.72. The fourth-order valence-corrected chi connectivity index (χ4v) is 3.30. The van der Waals surface area contributed by atoms with Gasteiger partial charge in [-0.3, -0.25) is 0 Å². The van der Waals surface area contributed by atoms with Crippen molar-refractivity contribution in [1.82, 2.24) is 25.0 Å². The molecule has 0 saturated heterocycles. The standard InChI is InChI=1S/C17H21N7O/c1-25-14-6-4-13(5-7-14)24-16-15(22-23-24)10-19-17(21-16)20-12-3-2-11(8-12)9-18/h4-7,10-12H,2-3,8-9,18H2,1H3,(H,19,20,21)/t11-,12+/m0/s1. The van der Waals surface area contributed by atoms with Gasteiger partial charge in [0, 0.05) is 6.04 Å². The lowest BCUT2D eigenvalue weighted by Gasteiger charge is -2.12. The van der Waals surface area contributed by atoms with Crippen molar-refractivity contribution < 1.29 is 4.74 Å². The minimum Gasteiger partial charge on any atom is -0.497 e. The number of hydrogen-bond acceptors (Lipinski definition) is 7. The van der Waals surface area contributed by atoms with E-state index in [9.17, 15) is 0 Å². The smallest absolute Gasteiger partial charge is 0.225 e. The fraction of sp³-hybridized carbons (Fsp3) is 0.412. The van der Waals surface area contributed by atoms with Gasteiger partial charge in [0.25, 0.3) is 0 Å². The zero-order valence-corrected chi connectivity index (χ0v) is 14.1. The van der Waals surface area contributed by atoms with Crippen molar-refractivity contribution in [2.75, 3.05) is 19.0 Å². The molecule has 0 aliphatic heterocycles. The molecule has 2 aromatic heterocycles. The molecule has 2 atom stereocenters. The van der Waals surface area contributed by atoms with Crippen LogP contribution in [0.1, 0.15) is 19.3 Å². The Bertz CT molecular complexity index is 861. The molecule has 130 valence electrons. The number of methoxy groups -OCH3 is 1. The fourth-order valence-electron chi connectivity index (χ4n) is 3.30. The highest BCUT2D eigenvalue weighted by Crippen LogP contribution is 2.27. The molecule has 0 bridgehead atoms. The first-order valence-electron chi connectivity index (χ1n) is 8.46. The quantitative estimate of drug-likeness (QED) is 0.730. The molecule has 0 unspecified atom stereocenters. The predicted molar refractivity (Wildman–Crippen MR) is 94.8 cm³/mol. The van der Waals surface area contributed by atoms with Crippen LogP contribution in [0.15, 0.2) is 30.5 Å². The summed E-state index contributed by atoms with van der Waals surface area (Å²) in [5, 5.41) is 11.8. The van der Waals surface area contributed by atoms with Crippen molar-refractivity contribution in [3.8, 4) is 11.4 Å². The second-order valence-electron chi connectivity index (χ2n) is 6.36. The van der Waals surface area contributed by atoms with Crippen molar-refractivity contribution >= 4 is 17.1 Å². The lowest BCUT2D eigenvalue weighted by atomic mass is 10.1. The Morgan fingerprint density at radius 3 is 2.84 bits per heavy atom. The van der Waals surface area contributed by atoms with Crippen LogP contribution in [0.4, 0.5) is 5.95 Å². The van der Waals surface area contributed by atoms with Crippen LogP contribution in [-0.4, -0.2) is 44.7 Å². The van der Waals surface area contributed by atoms with Crippen LogP contribution in [0.5, 0.6) is 5.75 Å². The van der Waals surface area contributed by atoms with E-state index in [0.29, 0.717) is 29.1 Å². The Morgan fingerprint density at radius 2 is 2.12 bits per heavy atom. The summed E-state index contributed by atoms with van der Waals surface area (Å²) < 4.78 is 6.90. The highest BCUT2D eigenvalue weighted by Gasteiger charge is 2.24. The van der Waals surface area contributed by atoms with Crippen LogP contribution in [0, 0.1) is 5.92 Å². The van der Waals surface area contributed by atoms with Gasteiger partial charge in [-0.15, -0.1) is 5.10 Å². The number of ether oxygens (including phenoxy) is 1. The van der Waals surface area contributed by atoms with Crippen molar-refractivity contribution in [3.63, 3.8) is 0 Å². The summed E-state index contributed by atoms with van der Waals surface area (Å²) in [5.41, 5.74) is 7.98. The van der Waals surface area contributed by atoms with Gasteiger partial charge in [-0.1, -0.05) is 5.21 Å². The Kier molecular flexibility index (Phi) is 4.19. The average Bonchev–Trinajstić information content (AvgIpc) is 3.28. The molecule has 1 aromatic carbocycles. The molecule has 1 aliphatic carbocycles. The van der Waals surface area contributed by atoms with Gasteiger partial charge in [-0.2, -0.15) is 9.67 Å². The molecule has 1 saturated carbocycles. The highest BCUT2D eigenvalue weighted by molar-refractivity contribution is 5.72. The molecule has 3 N–H and O–H groups in total. The highest BCUT2D eigenvalue weighted by atomic mass is 16.5. The number of nitrogens with one attached hydrogen (secondary N) is 1. The number of hydrogen-bond donors (Lipinski definition) is 2. The van der Waals surface area contributed by atoms with Crippen LogP contribution < -0.4 is 15.8 Å². The summed E-state index contributed by atoms with van der Waals surface area (Å²) in [6.45, 7) is 0.742. The second kappa shape index (κ2) is 6.64. The molecular formula is C17H21N7O. The molecule has 1 aliphatic rings. The van der Waals surface area contributed by atoms with Gasteiger partial charge < -0.3 is 15.8 Å². The van der Waals surface area contributed by atoms with Crippen LogP contribution in [0.3, 0.4) is 0 Å². The molecule has 4 rings (SSSR count).